The molecular formula is C15H16N4O. The summed E-state index contributed by atoms with van der Waals surface area (Å²) in [4.78, 5) is 13.3. The Morgan fingerprint density at radius 3 is 2.70 bits per heavy atom. The van der Waals surface area contributed by atoms with Crippen molar-refractivity contribution >= 4 is 11.2 Å². The van der Waals surface area contributed by atoms with E-state index in [0.29, 0.717) is 0 Å². The van der Waals surface area contributed by atoms with Crippen LogP contribution in [-0.2, 0) is 7.05 Å². The Balaban J connectivity index is 2.28. The van der Waals surface area contributed by atoms with Gasteiger partial charge in [0.2, 0.25) is 0 Å². The minimum Gasteiger partial charge on any atom is -0.508 e. The Bertz CT molecular complexity index is 777. The maximum Gasteiger partial charge on any atom is 0.163 e. The number of fused-ring (bicyclic) bond motifs is 1. The van der Waals surface area contributed by atoms with Crippen LogP contribution in [-0.4, -0.2) is 24.6 Å². The fourth-order valence-electron chi connectivity index (χ4n) is 2.34. The van der Waals surface area contributed by atoms with Gasteiger partial charge in [-0.15, -0.1) is 0 Å². The predicted molar refractivity (Wildman–Crippen MR) is 77.5 cm³/mol. The molecule has 1 N–H and O–H groups in total. The Morgan fingerprint density at radius 2 is 2.00 bits per heavy atom. The molecule has 20 heavy (non-hydrogen) atoms. The molecule has 0 saturated carbocycles. The van der Waals surface area contributed by atoms with Crippen LogP contribution in [0.4, 0.5) is 0 Å². The van der Waals surface area contributed by atoms with Crippen LogP contribution in [0.1, 0.15) is 25.5 Å². The summed E-state index contributed by atoms with van der Waals surface area (Å²) >= 11 is 0. The van der Waals surface area contributed by atoms with Gasteiger partial charge in [0.1, 0.15) is 23.4 Å². The number of benzene rings is 1. The number of aromatic hydroxyl groups is 1. The molecule has 0 aliphatic heterocycles. The Kier molecular flexibility index (Phi) is 2.89. The SMILES string of the molecule is CC(C)c1ncnc2c1nc(-c1cccc(O)c1)n2C. The van der Waals surface area contributed by atoms with Gasteiger partial charge in [-0.3, -0.25) is 0 Å². The molecule has 0 amide bonds. The highest BCUT2D eigenvalue weighted by Crippen LogP contribution is 2.27. The summed E-state index contributed by atoms with van der Waals surface area (Å²) in [7, 11) is 1.92. The minimum atomic E-state index is 0.227. The normalized spacial score (nSPS) is 11.4. The van der Waals surface area contributed by atoms with Crippen LogP contribution in [0, 0.1) is 0 Å². The third kappa shape index (κ3) is 1.91. The van der Waals surface area contributed by atoms with Crippen molar-refractivity contribution < 1.29 is 5.11 Å². The maximum absolute atomic E-state index is 9.62. The Labute approximate surface area is 117 Å². The van der Waals surface area contributed by atoms with Gasteiger partial charge in [0, 0.05) is 12.6 Å². The van der Waals surface area contributed by atoms with E-state index >= 15 is 0 Å². The molecule has 5 heteroatoms. The van der Waals surface area contributed by atoms with Crippen molar-refractivity contribution in [3.05, 3.63) is 36.3 Å². The molecule has 3 rings (SSSR count). The van der Waals surface area contributed by atoms with E-state index < -0.39 is 0 Å². The van der Waals surface area contributed by atoms with Crippen LogP contribution in [0.2, 0.25) is 0 Å². The van der Waals surface area contributed by atoms with Crippen molar-refractivity contribution in [2.24, 2.45) is 7.05 Å². The van der Waals surface area contributed by atoms with Gasteiger partial charge >= 0.3 is 0 Å². The summed E-state index contributed by atoms with van der Waals surface area (Å²) in [5, 5.41) is 9.62. The maximum atomic E-state index is 9.62. The molecule has 102 valence electrons. The molecule has 0 aliphatic carbocycles. The smallest absolute Gasteiger partial charge is 0.163 e. The number of aromatic nitrogens is 4. The van der Waals surface area contributed by atoms with E-state index in [9.17, 15) is 5.11 Å². The molecule has 0 bridgehead atoms. The van der Waals surface area contributed by atoms with E-state index in [1.807, 2.05) is 17.7 Å². The van der Waals surface area contributed by atoms with E-state index in [1.165, 1.54) is 0 Å². The summed E-state index contributed by atoms with van der Waals surface area (Å²) in [6, 6.07) is 7.07. The van der Waals surface area contributed by atoms with Gasteiger partial charge in [-0.1, -0.05) is 26.0 Å². The molecular weight excluding hydrogens is 252 g/mol. The summed E-state index contributed by atoms with van der Waals surface area (Å²) in [6.07, 6.45) is 1.57. The monoisotopic (exact) mass is 268 g/mol. The highest BCUT2D eigenvalue weighted by Gasteiger charge is 2.16. The van der Waals surface area contributed by atoms with Gasteiger partial charge in [-0.2, -0.15) is 0 Å². The minimum absolute atomic E-state index is 0.227. The van der Waals surface area contributed by atoms with E-state index in [-0.39, 0.29) is 11.7 Å². The Hall–Kier alpha value is -2.43. The zero-order chi connectivity index (χ0) is 14.3. The van der Waals surface area contributed by atoms with Crippen molar-refractivity contribution in [2.45, 2.75) is 19.8 Å². The fraction of sp³-hybridized carbons (Fsp3) is 0.267. The number of phenolic OH excluding ortho intramolecular Hbond substituents is 1. The second-order valence-electron chi connectivity index (χ2n) is 5.13. The first-order valence-electron chi connectivity index (χ1n) is 6.54. The van der Waals surface area contributed by atoms with Crippen molar-refractivity contribution in [3.63, 3.8) is 0 Å². The lowest BCUT2D eigenvalue weighted by atomic mass is 10.1. The van der Waals surface area contributed by atoms with Crippen molar-refractivity contribution in [3.8, 4) is 17.1 Å². The topological polar surface area (TPSA) is 63.8 Å². The van der Waals surface area contributed by atoms with Crippen LogP contribution in [0.3, 0.4) is 0 Å². The summed E-state index contributed by atoms with van der Waals surface area (Å²) in [5.74, 6) is 1.29. The highest BCUT2D eigenvalue weighted by atomic mass is 16.3. The zero-order valence-corrected chi connectivity index (χ0v) is 11.7. The average molecular weight is 268 g/mol. The third-order valence-electron chi connectivity index (χ3n) is 3.34. The largest absolute Gasteiger partial charge is 0.508 e. The first kappa shape index (κ1) is 12.6. The standard InChI is InChI=1S/C15H16N4O/c1-9(2)12-13-15(17-8-16-12)19(3)14(18-13)10-5-4-6-11(20)7-10/h4-9,20H,1-3H3. The van der Waals surface area contributed by atoms with Gasteiger partial charge < -0.3 is 9.67 Å². The number of phenols is 1. The molecule has 5 nitrogen and oxygen atoms in total. The lowest BCUT2D eigenvalue weighted by molar-refractivity contribution is 0.475. The molecule has 2 heterocycles. The molecule has 3 aromatic rings. The number of hydrogen-bond acceptors (Lipinski definition) is 4. The second kappa shape index (κ2) is 4.59. The number of aryl methyl sites for hydroxylation is 1. The number of rotatable bonds is 2. The quantitative estimate of drug-likeness (QED) is 0.776. The number of nitrogens with zero attached hydrogens (tertiary/aromatic N) is 4. The van der Waals surface area contributed by atoms with Crippen LogP contribution in [0.5, 0.6) is 5.75 Å². The molecule has 1 aromatic carbocycles. The zero-order valence-electron chi connectivity index (χ0n) is 11.7. The lowest BCUT2D eigenvalue weighted by Crippen LogP contribution is -1.97. The first-order valence-corrected chi connectivity index (χ1v) is 6.54. The van der Waals surface area contributed by atoms with E-state index in [4.69, 9.17) is 0 Å². The summed E-state index contributed by atoms with van der Waals surface area (Å²) in [6.45, 7) is 4.18. The van der Waals surface area contributed by atoms with Gasteiger partial charge in [0.05, 0.1) is 5.69 Å². The van der Waals surface area contributed by atoms with Crippen LogP contribution in [0.15, 0.2) is 30.6 Å². The van der Waals surface area contributed by atoms with E-state index in [2.05, 4.69) is 28.8 Å². The van der Waals surface area contributed by atoms with Crippen molar-refractivity contribution in [1.29, 1.82) is 0 Å². The molecule has 0 saturated heterocycles. The molecule has 0 unspecified atom stereocenters. The van der Waals surface area contributed by atoms with Gasteiger partial charge in [0.15, 0.2) is 5.65 Å². The number of hydrogen-bond donors (Lipinski definition) is 1. The molecule has 0 radical (unpaired) electrons. The van der Waals surface area contributed by atoms with Crippen molar-refractivity contribution in [2.75, 3.05) is 0 Å². The van der Waals surface area contributed by atoms with Gasteiger partial charge in [-0.05, 0) is 18.1 Å². The summed E-state index contributed by atoms with van der Waals surface area (Å²) < 4.78 is 1.93. The van der Waals surface area contributed by atoms with E-state index in [0.717, 1.165) is 28.2 Å². The molecule has 0 fully saturated rings. The van der Waals surface area contributed by atoms with Crippen LogP contribution >= 0.6 is 0 Å². The van der Waals surface area contributed by atoms with Crippen LogP contribution < -0.4 is 0 Å². The Morgan fingerprint density at radius 1 is 1.20 bits per heavy atom. The highest BCUT2D eigenvalue weighted by molar-refractivity contribution is 5.79. The number of imidazole rings is 1. The predicted octanol–water partition coefficient (Wildman–Crippen LogP) is 2.86. The third-order valence-corrected chi connectivity index (χ3v) is 3.34. The molecule has 0 atom stereocenters. The fourth-order valence-corrected chi connectivity index (χ4v) is 2.34. The van der Waals surface area contributed by atoms with Crippen molar-refractivity contribution in [1.82, 2.24) is 19.5 Å². The lowest BCUT2D eigenvalue weighted by Gasteiger charge is -2.03. The van der Waals surface area contributed by atoms with Gasteiger partial charge in [-0.25, -0.2) is 15.0 Å². The van der Waals surface area contributed by atoms with Crippen LogP contribution in [0.25, 0.3) is 22.6 Å². The molecule has 0 aliphatic rings. The molecule has 2 aromatic heterocycles. The summed E-state index contributed by atoms with van der Waals surface area (Å²) in [5.41, 5.74) is 3.43. The van der Waals surface area contributed by atoms with E-state index in [1.54, 1.807) is 24.5 Å². The second-order valence-corrected chi connectivity index (χ2v) is 5.13. The van der Waals surface area contributed by atoms with Gasteiger partial charge in [0.25, 0.3) is 0 Å². The molecule has 0 spiro atoms. The first-order chi connectivity index (χ1) is 9.58. The average Bonchev–Trinajstić information content (AvgIpc) is 2.76.